The van der Waals surface area contributed by atoms with Gasteiger partial charge < -0.3 is 9.47 Å². The van der Waals surface area contributed by atoms with Crippen molar-refractivity contribution in [3.05, 3.63) is 0 Å². The van der Waals surface area contributed by atoms with E-state index in [1.165, 1.54) is 6.92 Å². The Morgan fingerprint density at radius 3 is 2.81 bits per heavy atom. The molecule has 0 saturated heterocycles. The maximum atomic E-state index is 12.1. The van der Waals surface area contributed by atoms with Crippen LogP contribution in [-0.4, -0.2) is 32.1 Å². The lowest BCUT2D eigenvalue weighted by Gasteiger charge is -2.14. The van der Waals surface area contributed by atoms with Crippen molar-refractivity contribution in [2.24, 2.45) is 0 Å². The average Bonchev–Trinajstić information content (AvgIpc) is 2.16. The fourth-order valence-electron chi connectivity index (χ4n) is 0.697. The first-order valence-electron chi connectivity index (χ1n) is 4.29. The molecular weight excluding hydrogens is 326 g/mol. The van der Waals surface area contributed by atoms with E-state index in [1.54, 1.807) is 0 Å². The average molecular weight is 338 g/mol. The minimum absolute atomic E-state index is 0.0719. The predicted molar refractivity (Wildman–Crippen MR) is 62.2 cm³/mol. The van der Waals surface area contributed by atoms with Gasteiger partial charge in [-0.1, -0.05) is 0 Å². The molecule has 0 aromatic rings. The van der Waals surface area contributed by atoms with Crippen LogP contribution in [0, 0.1) is 0 Å². The summed E-state index contributed by atoms with van der Waals surface area (Å²) in [5.74, 6) is -0.474. The summed E-state index contributed by atoms with van der Waals surface area (Å²) in [7, 11) is 0. The van der Waals surface area contributed by atoms with Gasteiger partial charge in [-0.2, -0.15) is 0 Å². The second-order valence-corrected chi connectivity index (χ2v) is 8.18. The second kappa shape index (κ2) is 10.4. The molecule has 0 aliphatic carbocycles. The van der Waals surface area contributed by atoms with E-state index < -0.39 is 24.5 Å². The first-order chi connectivity index (χ1) is 7.56. The molecule has 5 nitrogen and oxygen atoms in total. The van der Waals surface area contributed by atoms with Crippen molar-refractivity contribution < 1.29 is 27.4 Å². The fourth-order valence-corrected chi connectivity index (χ4v) is 2.18. The first-order valence-corrected chi connectivity index (χ1v) is 8.92. The Hall–Kier alpha value is 0.250. The summed E-state index contributed by atoms with van der Waals surface area (Å²) >= 11 is 3.54. The molecule has 0 heterocycles. The Labute approximate surface area is 106 Å². The summed E-state index contributed by atoms with van der Waals surface area (Å²) in [5.41, 5.74) is -1.64. The molecule has 0 aromatic carbocycles. The van der Waals surface area contributed by atoms with Gasteiger partial charge in [0.2, 0.25) is 0 Å². The van der Waals surface area contributed by atoms with Crippen molar-refractivity contribution in [3.63, 3.8) is 0 Å². The van der Waals surface area contributed by atoms with E-state index in [9.17, 15) is 13.8 Å². The first kappa shape index (κ1) is 16.2. The van der Waals surface area contributed by atoms with Crippen LogP contribution in [0.5, 0.6) is 0 Å². The Balaban J connectivity index is 3.69. The van der Waals surface area contributed by atoms with Crippen molar-refractivity contribution in [1.29, 1.82) is 0 Å². The maximum absolute atomic E-state index is 12.1. The lowest BCUT2D eigenvalue weighted by molar-refractivity contribution is -0.159. The largest absolute Gasteiger partial charge is 0.519 e. The topological polar surface area (TPSA) is 61.8 Å². The van der Waals surface area contributed by atoms with Crippen LogP contribution in [0.2, 0.25) is 0 Å². The number of hydrogen-bond donors (Lipinski definition) is 0. The number of rotatable bonds is 9. The van der Waals surface area contributed by atoms with Gasteiger partial charge in [-0.3, -0.25) is 13.4 Å². The molecule has 0 aliphatic heterocycles. The Kier molecular flexibility index (Phi) is 10.6. The van der Waals surface area contributed by atoms with Crippen molar-refractivity contribution >= 4 is 38.8 Å². The van der Waals surface area contributed by atoms with Crippen LogP contribution in [0.4, 0.5) is 4.39 Å². The monoisotopic (exact) mass is 337 g/mol. The lowest BCUT2D eigenvalue weighted by Crippen LogP contribution is -2.21. The number of ether oxygens (including phenoxy) is 2. The molecule has 1 unspecified atom stereocenters. The molecule has 0 spiro atoms. The highest BCUT2D eigenvalue weighted by atomic mass is 79.9. The highest BCUT2D eigenvalue weighted by molar-refractivity contribution is 9.45. The van der Waals surface area contributed by atoms with E-state index in [0.717, 1.165) is 11.7 Å². The standard InChI is InChI=1S/C7H12BrFO5PS/c1-6(10)12-5-13-7(2-3-9)4-14-16-15(8)11/h7H,2-5H2,1H3/q+1/t7-/m0/s1. The van der Waals surface area contributed by atoms with E-state index in [2.05, 4.69) is 20.2 Å². The Morgan fingerprint density at radius 1 is 1.62 bits per heavy atom. The molecule has 0 rings (SSSR count). The van der Waals surface area contributed by atoms with Gasteiger partial charge in [0.05, 0.1) is 19.4 Å². The van der Waals surface area contributed by atoms with Crippen LogP contribution in [0.25, 0.3) is 0 Å². The summed E-state index contributed by atoms with van der Waals surface area (Å²) in [5, 5.41) is 0. The maximum Gasteiger partial charge on any atom is 0.519 e. The van der Waals surface area contributed by atoms with Crippen LogP contribution >= 0.6 is 32.9 Å². The number of esters is 1. The van der Waals surface area contributed by atoms with Crippen LogP contribution < -0.4 is 0 Å². The van der Waals surface area contributed by atoms with Crippen LogP contribution in [-0.2, 0) is 23.0 Å². The molecule has 0 radical (unpaired) electrons. The Morgan fingerprint density at radius 2 is 2.31 bits per heavy atom. The SMILES string of the molecule is CC(=O)OCO[C@@H](CCF)COS[P+](=O)Br. The molecule has 2 atom stereocenters. The number of halogens is 2. The van der Waals surface area contributed by atoms with Gasteiger partial charge in [0.15, 0.2) is 6.79 Å². The van der Waals surface area contributed by atoms with Gasteiger partial charge in [-0.25, -0.2) is 0 Å². The van der Waals surface area contributed by atoms with E-state index in [-0.39, 0.29) is 19.8 Å². The zero-order chi connectivity index (χ0) is 12.4. The van der Waals surface area contributed by atoms with Crippen molar-refractivity contribution in [2.45, 2.75) is 19.4 Å². The molecule has 0 bridgehead atoms. The normalized spacial score (nSPS) is 13.3. The molecule has 0 amide bonds. The van der Waals surface area contributed by atoms with E-state index in [0.29, 0.717) is 0 Å². The van der Waals surface area contributed by atoms with Crippen molar-refractivity contribution in [1.82, 2.24) is 0 Å². The highest BCUT2D eigenvalue weighted by Gasteiger charge is 2.17. The molecule has 9 heteroatoms. The predicted octanol–water partition coefficient (Wildman–Crippen LogP) is 2.97. The highest BCUT2D eigenvalue weighted by Crippen LogP contribution is 2.45. The third-order valence-electron chi connectivity index (χ3n) is 1.36. The van der Waals surface area contributed by atoms with Gasteiger partial charge in [0.1, 0.15) is 0 Å². The molecule has 0 N–H and O–H groups in total. The van der Waals surface area contributed by atoms with E-state index in [4.69, 9.17) is 8.92 Å². The summed E-state index contributed by atoms with van der Waals surface area (Å²) in [6.45, 7) is 0.506. The number of alkyl halides is 1. The quantitative estimate of drug-likeness (QED) is 0.279. The third kappa shape index (κ3) is 10.8. The zero-order valence-corrected chi connectivity index (χ0v) is 11.9. The molecule has 0 aromatic heterocycles. The zero-order valence-electron chi connectivity index (χ0n) is 8.56. The minimum Gasteiger partial charge on any atom is -0.439 e. The van der Waals surface area contributed by atoms with E-state index in [1.807, 2.05) is 0 Å². The second-order valence-electron chi connectivity index (χ2n) is 2.59. The van der Waals surface area contributed by atoms with E-state index >= 15 is 0 Å². The molecule has 94 valence electrons. The van der Waals surface area contributed by atoms with Gasteiger partial charge in [0, 0.05) is 13.3 Å². The lowest BCUT2D eigenvalue weighted by atomic mass is 10.3. The summed E-state index contributed by atoms with van der Waals surface area (Å²) in [6.07, 6.45) is -0.403. The number of carbonyl (C=O) groups excluding carboxylic acids is 1. The third-order valence-corrected chi connectivity index (χ3v) is 3.45. The van der Waals surface area contributed by atoms with Gasteiger partial charge in [-0.05, 0) is 4.57 Å². The number of carbonyl (C=O) groups is 1. The van der Waals surface area contributed by atoms with Gasteiger partial charge in [0.25, 0.3) is 15.5 Å². The summed E-state index contributed by atoms with van der Waals surface area (Å²) in [6, 6.07) is 0. The van der Waals surface area contributed by atoms with Gasteiger partial charge >= 0.3 is 23.3 Å². The fraction of sp³-hybridized carbons (Fsp3) is 0.857. The number of hydrogen-bond acceptors (Lipinski definition) is 6. The molecule has 0 aliphatic rings. The molecular formula is C7H12BrFO5PS+. The van der Waals surface area contributed by atoms with Crippen LogP contribution in [0.1, 0.15) is 13.3 Å². The van der Waals surface area contributed by atoms with Crippen LogP contribution in [0.15, 0.2) is 0 Å². The smallest absolute Gasteiger partial charge is 0.439 e. The van der Waals surface area contributed by atoms with Crippen LogP contribution in [0.3, 0.4) is 0 Å². The summed E-state index contributed by atoms with van der Waals surface area (Å²) in [4.78, 5) is 10.4. The molecule has 0 fully saturated rings. The van der Waals surface area contributed by atoms with Crippen molar-refractivity contribution in [3.8, 4) is 0 Å². The minimum atomic E-state index is -1.64. The van der Waals surface area contributed by atoms with Gasteiger partial charge in [-0.15, -0.1) is 0 Å². The Bertz CT molecular complexity index is 213. The van der Waals surface area contributed by atoms with Crippen molar-refractivity contribution in [2.75, 3.05) is 20.1 Å². The summed E-state index contributed by atoms with van der Waals surface area (Å²) < 4.78 is 37.2. The molecule has 16 heavy (non-hydrogen) atoms. The molecule has 0 saturated carbocycles.